The summed E-state index contributed by atoms with van der Waals surface area (Å²) in [5.74, 6) is 0. The van der Waals surface area contributed by atoms with Crippen LogP contribution in [0.15, 0.2) is 23.1 Å². The summed E-state index contributed by atoms with van der Waals surface area (Å²) < 4.78 is 64.1. The van der Waals surface area contributed by atoms with Gasteiger partial charge in [-0.1, -0.05) is 24.9 Å². The van der Waals surface area contributed by atoms with Gasteiger partial charge in [0.2, 0.25) is 10.0 Å². The van der Waals surface area contributed by atoms with Crippen molar-refractivity contribution in [2.45, 2.75) is 30.8 Å². The first-order valence-electron chi connectivity index (χ1n) is 5.93. The maximum atomic E-state index is 12.9. The molecule has 0 amide bonds. The van der Waals surface area contributed by atoms with Crippen LogP contribution in [0.25, 0.3) is 0 Å². The van der Waals surface area contributed by atoms with E-state index in [1.54, 1.807) is 0 Å². The molecule has 0 aliphatic heterocycles. The summed E-state index contributed by atoms with van der Waals surface area (Å²) in [6, 6.07) is 2.66. The van der Waals surface area contributed by atoms with E-state index >= 15 is 0 Å². The van der Waals surface area contributed by atoms with E-state index in [1.165, 1.54) is 7.05 Å². The molecule has 3 nitrogen and oxygen atoms in total. The van der Waals surface area contributed by atoms with Crippen molar-refractivity contribution in [2.24, 2.45) is 0 Å². The summed E-state index contributed by atoms with van der Waals surface area (Å²) in [5.41, 5.74) is -1.24. The van der Waals surface area contributed by atoms with Crippen LogP contribution >= 0.6 is 11.6 Å². The first kappa shape index (κ1) is 17.3. The molecule has 0 aromatic heterocycles. The molecule has 1 aromatic carbocycles. The van der Waals surface area contributed by atoms with Crippen molar-refractivity contribution in [2.75, 3.05) is 13.6 Å². The zero-order valence-corrected chi connectivity index (χ0v) is 12.6. The first-order chi connectivity index (χ1) is 9.10. The Labute approximate surface area is 121 Å². The van der Waals surface area contributed by atoms with Gasteiger partial charge in [0, 0.05) is 18.6 Å². The van der Waals surface area contributed by atoms with E-state index in [9.17, 15) is 21.6 Å². The third-order valence-corrected chi connectivity index (χ3v) is 4.91. The predicted molar refractivity (Wildman–Crippen MR) is 71.2 cm³/mol. The highest BCUT2D eigenvalue weighted by Gasteiger charge is 2.38. The topological polar surface area (TPSA) is 37.4 Å². The lowest BCUT2D eigenvalue weighted by Gasteiger charge is -2.20. The maximum Gasteiger partial charge on any atom is 0.417 e. The standard InChI is InChI=1S/C12H15ClF3NO2S/c1-3-4-7-17(2)20(18,19)11-6-5-9(13)8-10(11)12(14,15)16/h5-6,8H,3-4,7H2,1-2H3. The molecule has 0 radical (unpaired) electrons. The summed E-state index contributed by atoms with van der Waals surface area (Å²) in [6.07, 6.45) is -3.46. The van der Waals surface area contributed by atoms with Crippen molar-refractivity contribution in [3.63, 3.8) is 0 Å². The fourth-order valence-electron chi connectivity index (χ4n) is 1.62. The Hall–Kier alpha value is -0.790. The number of benzene rings is 1. The molecule has 0 unspecified atom stereocenters. The summed E-state index contributed by atoms with van der Waals surface area (Å²) in [4.78, 5) is -0.770. The van der Waals surface area contributed by atoms with Gasteiger partial charge in [-0.3, -0.25) is 0 Å². The molecule has 0 fully saturated rings. The lowest BCUT2D eigenvalue weighted by molar-refractivity contribution is -0.139. The summed E-state index contributed by atoms with van der Waals surface area (Å²) in [7, 11) is -2.92. The van der Waals surface area contributed by atoms with Crippen LogP contribution in [0.3, 0.4) is 0 Å². The van der Waals surface area contributed by atoms with Crippen LogP contribution in [-0.4, -0.2) is 26.3 Å². The second-order valence-electron chi connectivity index (χ2n) is 4.32. The van der Waals surface area contributed by atoms with E-state index in [0.717, 1.165) is 22.9 Å². The molecule has 0 aliphatic rings. The Morgan fingerprint density at radius 2 is 1.90 bits per heavy atom. The second kappa shape index (κ2) is 6.32. The van der Waals surface area contributed by atoms with Crippen molar-refractivity contribution in [1.29, 1.82) is 0 Å². The fourth-order valence-corrected chi connectivity index (χ4v) is 3.19. The number of sulfonamides is 1. The van der Waals surface area contributed by atoms with E-state index < -0.39 is 26.7 Å². The van der Waals surface area contributed by atoms with Gasteiger partial charge in [0.05, 0.1) is 10.5 Å². The number of unbranched alkanes of at least 4 members (excludes halogenated alkanes) is 1. The monoisotopic (exact) mass is 329 g/mol. The van der Waals surface area contributed by atoms with Crippen LogP contribution in [0.5, 0.6) is 0 Å². The molecule has 20 heavy (non-hydrogen) atoms. The van der Waals surface area contributed by atoms with Gasteiger partial charge in [-0.05, 0) is 24.6 Å². The first-order valence-corrected chi connectivity index (χ1v) is 7.75. The average Bonchev–Trinajstić information content (AvgIpc) is 2.34. The Morgan fingerprint density at radius 1 is 1.30 bits per heavy atom. The number of nitrogens with zero attached hydrogens (tertiary/aromatic N) is 1. The van der Waals surface area contributed by atoms with E-state index in [-0.39, 0.29) is 11.6 Å². The highest BCUT2D eigenvalue weighted by molar-refractivity contribution is 7.89. The molecule has 0 spiro atoms. The molecule has 1 aromatic rings. The van der Waals surface area contributed by atoms with Gasteiger partial charge in [-0.25, -0.2) is 12.7 Å². The Morgan fingerprint density at radius 3 is 2.40 bits per heavy atom. The summed E-state index contributed by atoms with van der Waals surface area (Å²) in [6.45, 7) is 2.03. The third-order valence-electron chi connectivity index (χ3n) is 2.76. The Bertz CT molecular complexity index is 573. The molecule has 0 bridgehead atoms. The SMILES string of the molecule is CCCCN(C)S(=O)(=O)c1ccc(Cl)cc1C(F)(F)F. The van der Waals surface area contributed by atoms with Crippen LogP contribution in [0.4, 0.5) is 13.2 Å². The normalized spacial score (nSPS) is 12.9. The van der Waals surface area contributed by atoms with Gasteiger partial charge in [-0.15, -0.1) is 0 Å². The zero-order valence-electron chi connectivity index (χ0n) is 11.0. The number of halogens is 4. The molecular formula is C12H15ClF3NO2S. The molecule has 0 saturated heterocycles. The molecule has 0 aliphatic carbocycles. The van der Waals surface area contributed by atoms with Crippen molar-refractivity contribution in [3.8, 4) is 0 Å². The maximum absolute atomic E-state index is 12.9. The molecule has 0 heterocycles. The molecular weight excluding hydrogens is 315 g/mol. The van der Waals surface area contributed by atoms with Gasteiger partial charge < -0.3 is 0 Å². The van der Waals surface area contributed by atoms with E-state index in [0.29, 0.717) is 12.5 Å². The minimum absolute atomic E-state index is 0.160. The summed E-state index contributed by atoms with van der Waals surface area (Å²) in [5, 5.41) is -0.160. The average molecular weight is 330 g/mol. The van der Waals surface area contributed by atoms with E-state index in [1.807, 2.05) is 6.92 Å². The Kier molecular flexibility index (Phi) is 5.46. The Balaban J connectivity index is 3.32. The molecule has 0 N–H and O–H groups in total. The van der Waals surface area contributed by atoms with Crippen LogP contribution < -0.4 is 0 Å². The largest absolute Gasteiger partial charge is 0.417 e. The smallest absolute Gasteiger partial charge is 0.207 e. The number of alkyl halides is 3. The number of hydrogen-bond donors (Lipinski definition) is 0. The van der Waals surface area contributed by atoms with E-state index in [4.69, 9.17) is 11.6 Å². The van der Waals surface area contributed by atoms with Crippen LogP contribution in [0.2, 0.25) is 5.02 Å². The van der Waals surface area contributed by atoms with Crippen LogP contribution in [0, 0.1) is 0 Å². The molecule has 0 atom stereocenters. The number of hydrogen-bond acceptors (Lipinski definition) is 2. The lowest BCUT2D eigenvalue weighted by atomic mass is 10.2. The number of rotatable bonds is 5. The second-order valence-corrected chi connectivity index (χ2v) is 6.77. The van der Waals surface area contributed by atoms with Gasteiger partial charge in [0.15, 0.2) is 0 Å². The third kappa shape index (κ3) is 3.86. The minimum Gasteiger partial charge on any atom is -0.207 e. The zero-order chi connectivity index (χ0) is 15.6. The van der Waals surface area contributed by atoms with Crippen LogP contribution in [-0.2, 0) is 16.2 Å². The van der Waals surface area contributed by atoms with Crippen molar-refractivity contribution in [3.05, 3.63) is 28.8 Å². The molecule has 8 heteroatoms. The van der Waals surface area contributed by atoms with E-state index in [2.05, 4.69) is 0 Å². The highest BCUT2D eigenvalue weighted by Crippen LogP contribution is 2.36. The van der Waals surface area contributed by atoms with Crippen molar-refractivity contribution >= 4 is 21.6 Å². The van der Waals surface area contributed by atoms with Gasteiger partial charge in [0.25, 0.3) is 0 Å². The quantitative estimate of drug-likeness (QED) is 0.824. The molecule has 0 saturated carbocycles. The predicted octanol–water partition coefficient (Wildman–Crippen LogP) is 3.78. The van der Waals surface area contributed by atoms with Gasteiger partial charge in [-0.2, -0.15) is 13.2 Å². The van der Waals surface area contributed by atoms with Crippen molar-refractivity contribution in [1.82, 2.24) is 4.31 Å². The molecule has 1 rings (SSSR count). The molecule has 114 valence electrons. The highest BCUT2D eigenvalue weighted by atomic mass is 35.5. The lowest BCUT2D eigenvalue weighted by Crippen LogP contribution is -2.29. The van der Waals surface area contributed by atoms with Gasteiger partial charge >= 0.3 is 6.18 Å². The minimum atomic E-state index is -4.78. The fraction of sp³-hybridized carbons (Fsp3) is 0.500. The van der Waals surface area contributed by atoms with Gasteiger partial charge in [0.1, 0.15) is 0 Å². The van der Waals surface area contributed by atoms with Crippen molar-refractivity contribution < 1.29 is 21.6 Å². The van der Waals surface area contributed by atoms with Crippen LogP contribution in [0.1, 0.15) is 25.3 Å². The summed E-state index contributed by atoms with van der Waals surface area (Å²) >= 11 is 5.53.